The van der Waals surface area contributed by atoms with Crippen LogP contribution in [-0.2, 0) is 11.2 Å². The number of nitrogens with zero attached hydrogens (tertiary/aromatic N) is 2. The Morgan fingerprint density at radius 3 is 2.88 bits per heavy atom. The van der Waals surface area contributed by atoms with E-state index in [1.54, 1.807) is 0 Å². The third-order valence-electron chi connectivity index (χ3n) is 2.49. The van der Waals surface area contributed by atoms with Gasteiger partial charge in [-0.05, 0) is 12.8 Å². The second-order valence-electron chi connectivity index (χ2n) is 3.79. The molecule has 0 unspecified atom stereocenters. The zero-order valence-corrected chi connectivity index (χ0v) is 9.11. The fourth-order valence-corrected chi connectivity index (χ4v) is 1.62. The van der Waals surface area contributed by atoms with E-state index in [1.807, 2.05) is 0 Å². The van der Waals surface area contributed by atoms with Crippen molar-refractivity contribution in [3.05, 3.63) is 33.1 Å². The topological polar surface area (TPSA) is 73.1 Å². The number of pyridine rings is 1. The van der Waals surface area contributed by atoms with Crippen molar-refractivity contribution in [2.24, 2.45) is 5.92 Å². The van der Waals surface area contributed by atoms with E-state index in [2.05, 4.69) is 4.98 Å². The predicted molar refractivity (Wildman–Crippen MR) is 57.3 cm³/mol. The number of rotatable bonds is 4. The summed E-state index contributed by atoms with van der Waals surface area (Å²) in [5.41, 5.74) is 0.0211. The van der Waals surface area contributed by atoms with Crippen LogP contribution in [0, 0.1) is 16.0 Å². The molecule has 1 heterocycles. The van der Waals surface area contributed by atoms with E-state index in [9.17, 15) is 14.9 Å². The van der Waals surface area contributed by atoms with Gasteiger partial charge in [-0.2, -0.15) is 0 Å². The lowest BCUT2D eigenvalue weighted by molar-refractivity contribution is -0.385. The number of carbonyl (C=O) groups is 1. The highest BCUT2D eigenvalue weighted by Crippen LogP contribution is 2.32. The van der Waals surface area contributed by atoms with Crippen molar-refractivity contribution in [3.63, 3.8) is 0 Å². The fraction of sp³-hybridized carbons (Fsp3) is 0.400. The van der Waals surface area contributed by atoms with E-state index in [0.29, 0.717) is 0 Å². The molecule has 2 rings (SSSR count). The van der Waals surface area contributed by atoms with Gasteiger partial charge in [0.1, 0.15) is 11.5 Å². The summed E-state index contributed by atoms with van der Waals surface area (Å²) in [4.78, 5) is 25.6. The van der Waals surface area contributed by atoms with Crippen LogP contribution in [0.1, 0.15) is 18.5 Å². The number of halogens is 1. The van der Waals surface area contributed by atoms with E-state index in [-0.39, 0.29) is 34.5 Å². The molecule has 0 aliphatic heterocycles. The largest absolute Gasteiger partial charge is 0.299 e. The molecule has 0 saturated heterocycles. The molecule has 1 saturated carbocycles. The zero-order valence-electron chi connectivity index (χ0n) is 8.35. The molecule has 0 radical (unpaired) electrons. The molecule has 1 aromatic rings. The van der Waals surface area contributed by atoms with Crippen LogP contribution < -0.4 is 0 Å². The Morgan fingerprint density at radius 2 is 2.31 bits per heavy atom. The number of Topliss-reactive ketones (excluding diaryl/α,β-unsaturated/α-hetero) is 1. The average Bonchev–Trinajstić information content (AvgIpc) is 3.03. The second kappa shape index (κ2) is 4.17. The highest BCUT2D eigenvalue weighted by atomic mass is 35.5. The number of aromatic nitrogens is 1. The minimum Gasteiger partial charge on any atom is -0.299 e. The van der Waals surface area contributed by atoms with Crippen LogP contribution in [-0.4, -0.2) is 15.7 Å². The average molecular weight is 241 g/mol. The first kappa shape index (κ1) is 11.0. The molecule has 6 heteroatoms. The third kappa shape index (κ3) is 2.36. The van der Waals surface area contributed by atoms with Crippen molar-refractivity contribution in [1.29, 1.82) is 0 Å². The smallest absolute Gasteiger partial charge is 0.292 e. The van der Waals surface area contributed by atoms with Crippen molar-refractivity contribution in [2.75, 3.05) is 0 Å². The molecular formula is C10H9ClN2O3. The van der Waals surface area contributed by atoms with Crippen molar-refractivity contribution >= 4 is 23.1 Å². The SMILES string of the molecule is O=C(Cc1ncc(Cl)cc1[N+](=O)[O-])C1CC1. The molecular weight excluding hydrogens is 232 g/mol. The maximum atomic E-state index is 11.5. The van der Waals surface area contributed by atoms with Crippen LogP contribution in [0.5, 0.6) is 0 Å². The lowest BCUT2D eigenvalue weighted by Gasteiger charge is -2.01. The first-order chi connectivity index (χ1) is 7.58. The summed E-state index contributed by atoms with van der Waals surface area (Å²) >= 11 is 5.62. The molecule has 1 aromatic heterocycles. The van der Waals surface area contributed by atoms with E-state index >= 15 is 0 Å². The Bertz CT molecular complexity index is 457. The monoisotopic (exact) mass is 240 g/mol. The maximum absolute atomic E-state index is 11.5. The van der Waals surface area contributed by atoms with Gasteiger partial charge >= 0.3 is 0 Å². The molecule has 1 aliphatic carbocycles. The summed E-state index contributed by atoms with van der Waals surface area (Å²) in [6, 6.07) is 1.23. The molecule has 0 aromatic carbocycles. The van der Waals surface area contributed by atoms with Gasteiger partial charge in [0, 0.05) is 18.2 Å². The molecule has 0 spiro atoms. The van der Waals surface area contributed by atoms with Gasteiger partial charge < -0.3 is 0 Å². The number of carbonyl (C=O) groups excluding carboxylic acids is 1. The second-order valence-corrected chi connectivity index (χ2v) is 4.23. The van der Waals surface area contributed by atoms with Crippen molar-refractivity contribution in [2.45, 2.75) is 19.3 Å². The van der Waals surface area contributed by atoms with Gasteiger partial charge in [0.15, 0.2) is 0 Å². The zero-order chi connectivity index (χ0) is 11.7. The molecule has 0 amide bonds. The highest BCUT2D eigenvalue weighted by Gasteiger charge is 2.31. The van der Waals surface area contributed by atoms with Gasteiger partial charge in [0.2, 0.25) is 0 Å². The molecule has 1 aliphatic rings. The van der Waals surface area contributed by atoms with Crippen molar-refractivity contribution < 1.29 is 9.72 Å². The Hall–Kier alpha value is -1.49. The Kier molecular flexibility index (Phi) is 2.87. The standard InChI is InChI=1S/C10H9ClN2O3/c11-7-3-9(13(15)16)8(12-5-7)4-10(14)6-1-2-6/h3,5-6H,1-2,4H2. The van der Waals surface area contributed by atoms with Crippen LogP contribution in [0.15, 0.2) is 12.3 Å². The van der Waals surface area contributed by atoms with E-state index in [4.69, 9.17) is 11.6 Å². The van der Waals surface area contributed by atoms with E-state index in [1.165, 1.54) is 12.3 Å². The lowest BCUT2D eigenvalue weighted by atomic mass is 10.1. The number of ketones is 1. The number of hydrogen-bond acceptors (Lipinski definition) is 4. The summed E-state index contributed by atoms with van der Waals surface area (Å²) in [6.45, 7) is 0. The van der Waals surface area contributed by atoms with Gasteiger partial charge in [-0.25, -0.2) is 0 Å². The summed E-state index contributed by atoms with van der Waals surface area (Å²) < 4.78 is 0. The van der Waals surface area contributed by atoms with Crippen LogP contribution in [0.25, 0.3) is 0 Å². The van der Waals surface area contributed by atoms with E-state index < -0.39 is 4.92 Å². The third-order valence-corrected chi connectivity index (χ3v) is 2.69. The summed E-state index contributed by atoms with van der Waals surface area (Å²) in [5, 5.41) is 10.9. The Balaban J connectivity index is 2.24. The molecule has 84 valence electrons. The van der Waals surface area contributed by atoms with Gasteiger partial charge in [-0.3, -0.25) is 19.9 Å². The van der Waals surface area contributed by atoms with Crippen LogP contribution in [0.4, 0.5) is 5.69 Å². The van der Waals surface area contributed by atoms with Gasteiger partial charge in [0.05, 0.1) is 16.4 Å². The van der Waals surface area contributed by atoms with Crippen LogP contribution in [0.3, 0.4) is 0 Å². The molecule has 0 atom stereocenters. The van der Waals surface area contributed by atoms with Gasteiger partial charge in [-0.1, -0.05) is 11.6 Å². The normalized spacial score (nSPS) is 14.8. The van der Waals surface area contributed by atoms with Crippen LogP contribution in [0.2, 0.25) is 5.02 Å². The number of nitro groups is 1. The number of hydrogen-bond donors (Lipinski definition) is 0. The van der Waals surface area contributed by atoms with Crippen LogP contribution >= 0.6 is 11.6 Å². The van der Waals surface area contributed by atoms with Gasteiger partial charge in [-0.15, -0.1) is 0 Å². The maximum Gasteiger partial charge on any atom is 0.292 e. The molecule has 5 nitrogen and oxygen atoms in total. The molecule has 0 bridgehead atoms. The summed E-state index contributed by atoms with van der Waals surface area (Å²) in [6.07, 6.45) is 3.13. The molecule has 0 N–H and O–H groups in total. The molecule has 1 fully saturated rings. The minimum absolute atomic E-state index is 0.0259. The molecule has 16 heavy (non-hydrogen) atoms. The Labute approximate surface area is 96.6 Å². The summed E-state index contributed by atoms with van der Waals surface area (Å²) in [5.74, 6) is 0.106. The van der Waals surface area contributed by atoms with E-state index in [0.717, 1.165) is 12.8 Å². The minimum atomic E-state index is -0.561. The predicted octanol–water partition coefficient (Wildman–Crippen LogP) is 2.16. The highest BCUT2D eigenvalue weighted by molar-refractivity contribution is 6.30. The Morgan fingerprint density at radius 1 is 1.62 bits per heavy atom. The fourth-order valence-electron chi connectivity index (χ4n) is 1.47. The first-order valence-electron chi connectivity index (χ1n) is 4.89. The van der Waals surface area contributed by atoms with Crippen molar-refractivity contribution in [3.8, 4) is 0 Å². The summed E-state index contributed by atoms with van der Waals surface area (Å²) in [7, 11) is 0. The first-order valence-corrected chi connectivity index (χ1v) is 5.27. The van der Waals surface area contributed by atoms with Crippen molar-refractivity contribution in [1.82, 2.24) is 4.98 Å². The van der Waals surface area contributed by atoms with Gasteiger partial charge in [0.25, 0.3) is 5.69 Å². The quantitative estimate of drug-likeness (QED) is 0.597. The lowest BCUT2D eigenvalue weighted by Crippen LogP contribution is -2.08.